The molecule has 0 spiro atoms. The second-order valence-corrected chi connectivity index (χ2v) is 6.21. The molecule has 1 fully saturated rings. The Morgan fingerprint density at radius 1 is 1.07 bits per heavy atom. The number of rotatable bonds is 8. The maximum Gasteiger partial charge on any atom is 0.253 e. The fourth-order valence-corrected chi connectivity index (χ4v) is 2.48. The van der Waals surface area contributed by atoms with Crippen LogP contribution in [-0.2, 0) is 11.3 Å². The van der Waals surface area contributed by atoms with Crippen molar-refractivity contribution < 1.29 is 9.59 Å². The summed E-state index contributed by atoms with van der Waals surface area (Å²) in [6, 6.07) is 10.7. The predicted octanol–water partition coefficient (Wildman–Crippen LogP) is 2.79. The van der Waals surface area contributed by atoms with Crippen LogP contribution in [-0.4, -0.2) is 29.9 Å². The first-order chi connectivity index (χ1) is 12.2. The van der Waals surface area contributed by atoms with Crippen molar-refractivity contribution in [3.8, 4) is 0 Å². The average molecular weight is 411 g/mol. The molecule has 0 saturated heterocycles. The van der Waals surface area contributed by atoms with E-state index in [0.29, 0.717) is 17.8 Å². The molecule has 3 N–H and O–H groups in total. The normalized spacial score (nSPS) is 12.3. The smallest absolute Gasteiger partial charge is 0.253 e. The number of hydrogen-bond acceptors (Lipinski definition) is 4. The highest BCUT2D eigenvalue weighted by molar-refractivity contribution is 6.04. The minimum absolute atomic E-state index is 0. The Bertz CT molecular complexity index is 739. The first-order valence-electron chi connectivity index (χ1n) is 8.49. The largest absolute Gasteiger partial charge is 0.348 e. The van der Waals surface area contributed by atoms with Crippen molar-refractivity contribution in [3.05, 3.63) is 59.9 Å². The molecule has 0 radical (unpaired) electrons. The van der Waals surface area contributed by atoms with Crippen molar-refractivity contribution in [1.29, 1.82) is 0 Å². The molecule has 1 aromatic heterocycles. The molecule has 0 bridgehead atoms. The lowest BCUT2D eigenvalue weighted by atomic mass is 10.1. The van der Waals surface area contributed by atoms with Gasteiger partial charge >= 0.3 is 0 Å². The zero-order chi connectivity index (χ0) is 17.5. The Labute approximate surface area is 171 Å². The Morgan fingerprint density at radius 3 is 2.56 bits per heavy atom. The third-order valence-electron chi connectivity index (χ3n) is 4.04. The molecule has 1 saturated carbocycles. The fourth-order valence-electron chi connectivity index (χ4n) is 2.48. The maximum absolute atomic E-state index is 12.4. The molecule has 146 valence electrons. The summed E-state index contributed by atoms with van der Waals surface area (Å²) < 4.78 is 0. The zero-order valence-electron chi connectivity index (χ0n) is 14.8. The summed E-state index contributed by atoms with van der Waals surface area (Å²) >= 11 is 0. The van der Waals surface area contributed by atoms with Crippen LogP contribution in [0.4, 0.5) is 5.69 Å². The zero-order valence-corrected chi connectivity index (χ0v) is 16.4. The van der Waals surface area contributed by atoms with E-state index in [1.807, 2.05) is 12.1 Å². The number of nitrogens with one attached hydrogen (secondary N) is 3. The molecule has 1 aromatic carbocycles. The van der Waals surface area contributed by atoms with Crippen LogP contribution in [0.5, 0.6) is 0 Å². The van der Waals surface area contributed by atoms with Gasteiger partial charge in [-0.3, -0.25) is 14.6 Å². The van der Waals surface area contributed by atoms with Gasteiger partial charge in [-0.05, 0) is 49.1 Å². The lowest BCUT2D eigenvalue weighted by Gasteiger charge is -2.12. The van der Waals surface area contributed by atoms with E-state index >= 15 is 0 Å². The van der Waals surface area contributed by atoms with E-state index in [-0.39, 0.29) is 43.2 Å². The number of amides is 2. The number of halogens is 2. The number of hydrogen-bond donors (Lipinski definition) is 3. The van der Waals surface area contributed by atoms with Gasteiger partial charge in [0.05, 0.1) is 17.8 Å². The summed E-state index contributed by atoms with van der Waals surface area (Å²) in [5.74, 6) is 0.345. The van der Waals surface area contributed by atoms with Crippen LogP contribution in [0, 0.1) is 5.92 Å². The van der Waals surface area contributed by atoms with Crippen LogP contribution < -0.4 is 16.0 Å². The molecule has 1 aliphatic rings. The van der Waals surface area contributed by atoms with Gasteiger partial charge in [-0.25, -0.2) is 0 Å². The lowest BCUT2D eigenvalue weighted by molar-refractivity contribution is -0.115. The van der Waals surface area contributed by atoms with Gasteiger partial charge < -0.3 is 16.0 Å². The maximum atomic E-state index is 12.4. The summed E-state index contributed by atoms with van der Waals surface area (Å²) in [5.41, 5.74) is 1.88. The molecular weight excluding hydrogens is 387 g/mol. The third kappa shape index (κ3) is 7.54. The summed E-state index contributed by atoms with van der Waals surface area (Å²) in [6.07, 6.45) is 5.88. The van der Waals surface area contributed by atoms with Crippen LogP contribution in [0.1, 0.15) is 28.8 Å². The van der Waals surface area contributed by atoms with Gasteiger partial charge in [-0.15, -0.1) is 24.8 Å². The van der Waals surface area contributed by atoms with Crippen molar-refractivity contribution in [1.82, 2.24) is 15.6 Å². The van der Waals surface area contributed by atoms with Crippen LogP contribution in [0.3, 0.4) is 0 Å². The number of pyridine rings is 1. The Morgan fingerprint density at radius 2 is 1.85 bits per heavy atom. The number of benzene rings is 1. The summed E-state index contributed by atoms with van der Waals surface area (Å²) in [5, 5.41) is 8.80. The van der Waals surface area contributed by atoms with Crippen LogP contribution >= 0.6 is 24.8 Å². The number of aromatic nitrogens is 1. The number of para-hydroxylation sites is 1. The monoisotopic (exact) mass is 410 g/mol. The summed E-state index contributed by atoms with van der Waals surface area (Å²) in [6.45, 7) is 1.51. The van der Waals surface area contributed by atoms with Crippen LogP contribution in [0.25, 0.3) is 0 Å². The van der Waals surface area contributed by atoms with E-state index in [0.717, 1.165) is 18.0 Å². The van der Waals surface area contributed by atoms with E-state index < -0.39 is 0 Å². The molecule has 2 aromatic rings. The number of nitrogens with zero attached hydrogens (tertiary/aromatic N) is 1. The SMILES string of the molecule is Cl.Cl.O=C(CNCC1CC1)Nc1ccccc1C(=O)NCc1cccnc1. The quantitative estimate of drug-likeness (QED) is 0.624. The summed E-state index contributed by atoms with van der Waals surface area (Å²) in [7, 11) is 0. The van der Waals surface area contributed by atoms with Crippen LogP contribution in [0.2, 0.25) is 0 Å². The van der Waals surface area contributed by atoms with Crippen molar-refractivity contribution in [2.24, 2.45) is 5.92 Å². The summed E-state index contributed by atoms with van der Waals surface area (Å²) in [4.78, 5) is 28.5. The molecule has 1 heterocycles. The second-order valence-electron chi connectivity index (χ2n) is 6.21. The third-order valence-corrected chi connectivity index (χ3v) is 4.04. The molecule has 0 unspecified atom stereocenters. The van der Waals surface area contributed by atoms with E-state index in [4.69, 9.17) is 0 Å². The molecule has 27 heavy (non-hydrogen) atoms. The molecule has 0 aliphatic heterocycles. The highest BCUT2D eigenvalue weighted by Gasteiger charge is 2.20. The predicted molar refractivity (Wildman–Crippen MR) is 111 cm³/mol. The van der Waals surface area contributed by atoms with Gasteiger partial charge in [-0.1, -0.05) is 18.2 Å². The van der Waals surface area contributed by atoms with Gasteiger partial charge in [0.2, 0.25) is 5.91 Å². The van der Waals surface area contributed by atoms with Crippen LogP contribution in [0.15, 0.2) is 48.8 Å². The topological polar surface area (TPSA) is 83.1 Å². The molecule has 6 nitrogen and oxygen atoms in total. The van der Waals surface area contributed by atoms with E-state index in [1.54, 1.807) is 36.7 Å². The van der Waals surface area contributed by atoms with Crippen molar-refractivity contribution in [3.63, 3.8) is 0 Å². The minimum atomic E-state index is -0.231. The number of anilines is 1. The van der Waals surface area contributed by atoms with Gasteiger partial charge in [-0.2, -0.15) is 0 Å². The van der Waals surface area contributed by atoms with E-state index in [1.165, 1.54) is 12.8 Å². The first-order valence-corrected chi connectivity index (χ1v) is 8.49. The number of carbonyl (C=O) groups excluding carboxylic acids is 2. The molecule has 1 aliphatic carbocycles. The van der Waals surface area contributed by atoms with Gasteiger partial charge in [0.15, 0.2) is 0 Å². The van der Waals surface area contributed by atoms with Gasteiger partial charge in [0.1, 0.15) is 0 Å². The Balaban J connectivity index is 0.00000182. The molecular formula is C19H24Cl2N4O2. The Kier molecular flexibility index (Phi) is 9.78. The van der Waals surface area contributed by atoms with Gasteiger partial charge in [0, 0.05) is 18.9 Å². The fraction of sp³-hybridized carbons (Fsp3) is 0.316. The van der Waals surface area contributed by atoms with Gasteiger partial charge in [0.25, 0.3) is 5.91 Å². The standard InChI is InChI=1S/C19H22N4O2.2ClH/c24-18(13-21-10-14-7-8-14)23-17-6-2-1-5-16(17)19(25)22-12-15-4-3-9-20-11-15;;/h1-6,9,11,14,21H,7-8,10,12-13H2,(H,22,25)(H,23,24);2*1H. The second kappa shape index (κ2) is 11.5. The van der Waals surface area contributed by atoms with Crippen molar-refractivity contribution >= 4 is 42.3 Å². The first kappa shape index (κ1) is 22.9. The minimum Gasteiger partial charge on any atom is -0.348 e. The molecule has 2 amide bonds. The lowest BCUT2D eigenvalue weighted by Crippen LogP contribution is -2.30. The Hall–Kier alpha value is -2.15. The molecule has 8 heteroatoms. The van der Waals surface area contributed by atoms with Crippen molar-refractivity contribution in [2.75, 3.05) is 18.4 Å². The molecule has 3 rings (SSSR count). The highest BCUT2D eigenvalue weighted by atomic mass is 35.5. The van der Waals surface area contributed by atoms with Crippen molar-refractivity contribution in [2.45, 2.75) is 19.4 Å². The average Bonchev–Trinajstić information content (AvgIpc) is 3.45. The van der Waals surface area contributed by atoms with E-state index in [9.17, 15) is 9.59 Å². The molecule has 0 atom stereocenters. The van der Waals surface area contributed by atoms with E-state index in [2.05, 4.69) is 20.9 Å². The highest BCUT2D eigenvalue weighted by Crippen LogP contribution is 2.27. The number of carbonyl (C=O) groups is 2.